The van der Waals surface area contributed by atoms with Crippen molar-refractivity contribution >= 4 is 5.97 Å². The van der Waals surface area contributed by atoms with Crippen molar-refractivity contribution in [1.29, 1.82) is 0 Å². The highest BCUT2D eigenvalue weighted by Gasteiger charge is 2.52. The third kappa shape index (κ3) is 1.42. The lowest BCUT2D eigenvalue weighted by Crippen LogP contribution is -2.37. The largest absolute Gasteiger partial charge is 0.469 e. The van der Waals surface area contributed by atoms with Crippen molar-refractivity contribution in [2.75, 3.05) is 20.2 Å². The van der Waals surface area contributed by atoms with E-state index in [1.54, 1.807) is 6.07 Å². The van der Waals surface area contributed by atoms with E-state index < -0.39 is 0 Å². The number of nitrogens with one attached hydrogen (secondary N) is 1. The molecule has 1 aromatic carbocycles. The molecule has 96 valence electrons. The molecule has 2 aliphatic rings. The normalized spacial score (nSPS) is 29.6. The van der Waals surface area contributed by atoms with Gasteiger partial charge in [-0.25, -0.2) is 4.39 Å². The van der Waals surface area contributed by atoms with Gasteiger partial charge in [0.15, 0.2) is 0 Å². The minimum absolute atomic E-state index is 0.153. The zero-order valence-corrected chi connectivity index (χ0v) is 10.3. The van der Waals surface area contributed by atoms with E-state index in [2.05, 4.69) is 5.32 Å². The summed E-state index contributed by atoms with van der Waals surface area (Å²) in [6, 6.07) is 5.18. The van der Waals surface area contributed by atoms with E-state index in [1.807, 2.05) is 6.07 Å². The van der Waals surface area contributed by atoms with Crippen molar-refractivity contribution < 1.29 is 13.9 Å². The monoisotopic (exact) mass is 249 g/mol. The van der Waals surface area contributed by atoms with Crippen LogP contribution in [0.15, 0.2) is 18.2 Å². The first-order valence-electron chi connectivity index (χ1n) is 6.25. The van der Waals surface area contributed by atoms with Crippen molar-refractivity contribution in [3.63, 3.8) is 0 Å². The number of carbonyl (C=O) groups excluding carboxylic acids is 1. The minimum atomic E-state index is -0.273. The van der Waals surface area contributed by atoms with Gasteiger partial charge in [0.2, 0.25) is 0 Å². The van der Waals surface area contributed by atoms with Gasteiger partial charge in [0.1, 0.15) is 5.82 Å². The average Bonchev–Trinajstić information content (AvgIpc) is 2.96. The van der Waals surface area contributed by atoms with E-state index in [4.69, 9.17) is 4.74 Å². The number of hydrogen-bond donors (Lipinski definition) is 1. The molecular weight excluding hydrogens is 233 g/mol. The van der Waals surface area contributed by atoms with Crippen LogP contribution in [0.25, 0.3) is 0 Å². The fourth-order valence-electron chi connectivity index (χ4n) is 3.52. The molecule has 1 N–H and O–H groups in total. The molecule has 3 nitrogen and oxygen atoms in total. The second-order valence-electron chi connectivity index (χ2n) is 5.13. The molecule has 0 saturated carbocycles. The third-order valence-electron chi connectivity index (χ3n) is 4.42. The Hall–Kier alpha value is -1.42. The number of hydrogen-bond acceptors (Lipinski definition) is 3. The Morgan fingerprint density at radius 2 is 2.39 bits per heavy atom. The Labute approximate surface area is 105 Å². The first kappa shape index (κ1) is 11.7. The zero-order valence-electron chi connectivity index (χ0n) is 10.3. The van der Waals surface area contributed by atoms with Gasteiger partial charge in [0.05, 0.1) is 13.0 Å². The van der Waals surface area contributed by atoms with Gasteiger partial charge >= 0.3 is 5.97 Å². The minimum Gasteiger partial charge on any atom is -0.469 e. The molecular formula is C14H16FNO2. The van der Waals surface area contributed by atoms with Crippen LogP contribution < -0.4 is 5.32 Å². The van der Waals surface area contributed by atoms with Gasteiger partial charge in [-0.2, -0.15) is 0 Å². The van der Waals surface area contributed by atoms with Crippen LogP contribution in [0, 0.1) is 11.7 Å². The number of fused-ring (bicyclic) bond motifs is 2. The summed E-state index contributed by atoms with van der Waals surface area (Å²) in [6.07, 6.45) is 1.52. The standard InChI is InChI=1S/C14H16FNO2/c1-18-13(17)11-7-16-8-14(11)6-5-9-10(14)3-2-4-12(9)15/h2-4,11,16H,5-8H2,1H3. The van der Waals surface area contributed by atoms with Gasteiger partial charge in [0.25, 0.3) is 0 Å². The van der Waals surface area contributed by atoms with Crippen molar-refractivity contribution in [3.8, 4) is 0 Å². The van der Waals surface area contributed by atoms with Crippen LogP contribution in [0.5, 0.6) is 0 Å². The maximum atomic E-state index is 13.8. The van der Waals surface area contributed by atoms with Crippen LogP contribution >= 0.6 is 0 Å². The summed E-state index contributed by atoms with van der Waals surface area (Å²) in [4.78, 5) is 11.9. The van der Waals surface area contributed by atoms with Gasteiger partial charge in [-0.3, -0.25) is 4.79 Å². The molecule has 0 amide bonds. The second kappa shape index (κ2) is 4.05. The van der Waals surface area contributed by atoms with Crippen LogP contribution in [0.2, 0.25) is 0 Å². The Kier molecular flexibility index (Phi) is 2.63. The van der Waals surface area contributed by atoms with Crippen molar-refractivity contribution in [2.24, 2.45) is 5.92 Å². The molecule has 2 atom stereocenters. The number of esters is 1. The third-order valence-corrected chi connectivity index (χ3v) is 4.42. The van der Waals surface area contributed by atoms with E-state index in [1.165, 1.54) is 13.2 Å². The van der Waals surface area contributed by atoms with Crippen LogP contribution in [-0.4, -0.2) is 26.2 Å². The number of benzene rings is 1. The van der Waals surface area contributed by atoms with Crippen molar-refractivity contribution in [2.45, 2.75) is 18.3 Å². The number of halogens is 1. The predicted molar refractivity (Wildman–Crippen MR) is 64.8 cm³/mol. The molecule has 1 fully saturated rings. The van der Waals surface area contributed by atoms with Gasteiger partial charge in [-0.05, 0) is 30.0 Å². The zero-order chi connectivity index (χ0) is 12.8. The lowest BCUT2D eigenvalue weighted by molar-refractivity contribution is -0.146. The molecule has 1 aliphatic carbocycles. The molecule has 3 rings (SSSR count). The molecule has 0 radical (unpaired) electrons. The maximum Gasteiger partial charge on any atom is 0.310 e. The molecule has 2 unspecified atom stereocenters. The van der Waals surface area contributed by atoms with Crippen LogP contribution in [0.1, 0.15) is 17.5 Å². The highest BCUT2D eigenvalue weighted by Crippen LogP contribution is 2.47. The molecule has 18 heavy (non-hydrogen) atoms. The lowest BCUT2D eigenvalue weighted by atomic mass is 9.73. The Bertz CT molecular complexity index is 503. The summed E-state index contributed by atoms with van der Waals surface area (Å²) in [5.41, 5.74) is 1.49. The Balaban J connectivity index is 2.08. The quantitative estimate of drug-likeness (QED) is 0.765. The SMILES string of the molecule is COC(=O)C1CNCC12CCc1c(F)cccc12. The number of carbonyl (C=O) groups is 1. The average molecular weight is 249 g/mol. The van der Waals surface area contributed by atoms with Gasteiger partial charge in [-0.1, -0.05) is 12.1 Å². The van der Waals surface area contributed by atoms with Crippen LogP contribution in [0.4, 0.5) is 4.39 Å². The predicted octanol–water partition coefficient (Wildman–Crippen LogP) is 1.40. The van der Waals surface area contributed by atoms with E-state index in [0.29, 0.717) is 13.0 Å². The molecule has 1 aliphatic heterocycles. The maximum absolute atomic E-state index is 13.8. The molecule has 0 aromatic heterocycles. The molecule has 1 spiro atoms. The Morgan fingerprint density at radius 3 is 3.17 bits per heavy atom. The first-order valence-corrected chi connectivity index (χ1v) is 6.25. The summed E-state index contributed by atoms with van der Waals surface area (Å²) in [7, 11) is 1.41. The topological polar surface area (TPSA) is 38.3 Å². The molecule has 0 bridgehead atoms. The fraction of sp³-hybridized carbons (Fsp3) is 0.500. The summed E-state index contributed by atoms with van der Waals surface area (Å²) in [5, 5.41) is 3.26. The summed E-state index contributed by atoms with van der Waals surface area (Å²) in [5.74, 6) is -0.553. The molecule has 1 saturated heterocycles. The highest BCUT2D eigenvalue weighted by molar-refractivity contribution is 5.76. The Morgan fingerprint density at radius 1 is 1.56 bits per heavy atom. The lowest BCUT2D eigenvalue weighted by Gasteiger charge is -2.29. The number of rotatable bonds is 1. The van der Waals surface area contributed by atoms with E-state index in [0.717, 1.165) is 24.1 Å². The number of methoxy groups -OCH3 is 1. The van der Waals surface area contributed by atoms with Crippen LogP contribution in [0.3, 0.4) is 0 Å². The number of ether oxygens (including phenoxy) is 1. The van der Waals surface area contributed by atoms with E-state index in [9.17, 15) is 9.18 Å². The van der Waals surface area contributed by atoms with Gasteiger partial charge in [0, 0.05) is 18.5 Å². The molecule has 4 heteroatoms. The first-order chi connectivity index (χ1) is 8.69. The second-order valence-corrected chi connectivity index (χ2v) is 5.13. The molecule has 1 heterocycles. The van der Waals surface area contributed by atoms with E-state index in [-0.39, 0.29) is 23.1 Å². The van der Waals surface area contributed by atoms with Crippen molar-refractivity contribution in [3.05, 3.63) is 35.1 Å². The highest BCUT2D eigenvalue weighted by atomic mass is 19.1. The summed E-state index contributed by atoms with van der Waals surface area (Å²) >= 11 is 0. The van der Waals surface area contributed by atoms with Gasteiger partial charge in [-0.15, -0.1) is 0 Å². The van der Waals surface area contributed by atoms with Crippen molar-refractivity contribution in [1.82, 2.24) is 5.32 Å². The van der Waals surface area contributed by atoms with Crippen LogP contribution in [-0.2, 0) is 21.4 Å². The fourth-order valence-corrected chi connectivity index (χ4v) is 3.52. The smallest absolute Gasteiger partial charge is 0.310 e. The summed E-state index contributed by atoms with van der Waals surface area (Å²) in [6.45, 7) is 1.34. The van der Waals surface area contributed by atoms with E-state index >= 15 is 0 Å². The van der Waals surface area contributed by atoms with Gasteiger partial charge < -0.3 is 10.1 Å². The molecule has 1 aromatic rings. The summed E-state index contributed by atoms with van der Waals surface area (Å²) < 4.78 is 18.7.